The molecule has 2 nitrogen and oxygen atoms in total. The molecule has 0 aromatic heterocycles. The molecule has 170 valence electrons. The van der Waals surface area contributed by atoms with Gasteiger partial charge in [0.25, 0.3) is 0 Å². The van der Waals surface area contributed by atoms with E-state index >= 15 is 0 Å². The second kappa shape index (κ2) is 10.8. The molecule has 3 heteroatoms. The number of hydrogen-bond donors (Lipinski definition) is 1. The molecule has 3 aromatic rings. The highest BCUT2D eigenvalue weighted by Crippen LogP contribution is 2.42. The predicted molar refractivity (Wildman–Crippen MR) is 131 cm³/mol. The molecule has 1 N–H and O–H groups in total. The Balaban J connectivity index is 2.25. The van der Waals surface area contributed by atoms with Gasteiger partial charge in [0.15, 0.2) is 0 Å². The van der Waals surface area contributed by atoms with Gasteiger partial charge in [0.1, 0.15) is 18.2 Å². The molecule has 0 spiro atoms. The SMILES string of the molecule is CCCc1c(C(C)C)cc(C(C)C)c(CO)c1-c1ccc(F)cc1OCc1ccccc1. The summed E-state index contributed by atoms with van der Waals surface area (Å²) in [5.74, 6) is 0.785. The molecule has 0 fully saturated rings. The van der Waals surface area contributed by atoms with Gasteiger partial charge in [0.05, 0.1) is 6.61 Å². The van der Waals surface area contributed by atoms with Crippen LogP contribution in [0.2, 0.25) is 0 Å². The van der Waals surface area contributed by atoms with Gasteiger partial charge in [-0.1, -0.05) is 77.4 Å². The van der Waals surface area contributed by atoms with Gasteiger partial charge < -0.3 is 9.84 Å². The van der Waals surface area contributed by atoms with Crippen LogP contribution < -0.4 is 4.74 Å². The molecule has 0 unspecified atom stereocenters. The Hall–Kier alpha value is -2.65. The molecule has 3 aromatic carbocycles. The normalized spacial score (nSPS) is 11.4. The molecule has 0 aliphatic heterocycles. The van der Waals surface area contributed by atoms with Crippen molar-refractivity contribution in [3.8, 4) is 16.9 Å². The Morgan fingerprint density at radius 1 is 0.875 bits per heavy atom. The van der Waals surface area contributed by atoms with Gasteiger partial charge in [-0.05, 0) is 63.8 Å². The van der Waals surface area contributed by atoms with Crippen LogP contribution in [0.25, 0.3) is 11.1 Å². The van der Waals surface area contributed by atoms with Crippen molar-refractivity contribution in [3.05, 3.63) is 88.2 Å². The molecular formula is C29H35FO2. The number of rotatable bonds is 9. The molecule has 0 bridgehead atoms. The summed E-state index contributed by atoms with van der Waals surface area (Å²) < 4.78 is 20.5. The number of halogens is 1. The van der Waals surface area contributed by atoms with Crippen molar-refractivity contribution in [2.24, 2.45) is 0 Å². The Bertz CT molecular complexity index is 1040. The maximum atomic E-state index is 14.3. The fourth-order valence-corrected chi connectivity index (χ4v) is 4.42. The first-order valence-electron chi connectivity index (χ1n) is 11.6. The average Bonchev–Trinajstić information content (AvgIpc) is 2.78. The fourth-order valence-electron chi connectivity index (χ4n) is 4.42. The van der Waals surface area contributed by atoms with Crippen LogP contribution in [-0.4, -0.2) is 5.11 Å². The lowest BCUT2D eigenvalue weighted by atomic mass is 9.80. The summed E-state index contributed by atoms with van der Waals surface area (Å²) in [6, 6.07) is 16.9. The van der Waals surface area contributed by atoms with E-state index in [0.717, 1.165) is 40.7 Å². The first-order chi connectivity index (χ1) is 15.4. The van der Waals surface area contributed by atoms with Gasteiger partial charge >= 0.3 is 0 Å². The van der Waals surface area contributed by atoms with Crippen molar-refractivity contribution in [1.29, 1.82) is 0 Å². The van der Waals surface area contributed by atoms with Crippen LogP contribution in [0.3, 0.4) is 0 Å². The number of aliphatic hydroxyl groups is 1. The molecule has 32 heavy (non-hydrogen) atoms. The third-order valence-electron chi connectivity index (χ3n) is 5.96. The van der Waals surface area contributed by atoms with Crippen molar-refractivity contribution >= 4 is 0 Å². The molecule has 3 rings (SSSR count). The summed E-state index contributed by atoms with van der Waals surface area (Å²) >= 11 is 0. The first kappa shape index (κ1) is 24.0. The molecule has 0 aliphatic carbocycles. The summed E-state index contributed by atoms with van der Waals surface area (Å²) in [6.45, 7) is 11.2. The molecule has 0 amide bonds. The van der Waals surface area contributed by atoms with E-state index in [1.807, 2.05) is 30.3 Å². The predicted octanol–water partition coefficient (Wildman–Crippen LogP) is 7.76. The van der Waals surface area contributed by atoms with E-state index < -0.39 is 0 Å². The summed E-state index contributed by atoms with van der Waals surface area (Å²) in [5.41, 5.74) is 7.46. The largest absolute Gasteiger partial charge is 0.488 e. The third kappa shape index (κ3) is 5.21. The minimum atomic E-state index is -0.330. The van der Waals surface area contributed by atoms with E-state index in [1.54, 1.807) is 6.07 Å². The molecule has 0 saturated carbocycles. The summed E-state index contributed by atoms with van der Waals surface area (Å²) in [5, 5.41) is 10.5. The Morgan fingerprint density at radius 3 is 2.12 bits per heavy atom. The van der Waals surface area contributed by atoms with Crippen LogP contribution in [0.4, 0.5) is 4.39 Å². The monoisotopic (exact) mass is 434 g/mol. The van der Waals surface area contributed by atoms with Crippen LogP contribution in [0.5, 0.6) is 5.75 Å². The summed E-state index contributed by atoms with van der Waals surface area (Å²) in [7, 11) is 0. The van der Waals surface area contributed by atoms with E-state index in [4.69, 9.17) is 4.74 Å². The van der Waals surface area contributed by atoms with Crippen molar-refractivity contribution in [2.45, 2.75) is 72.5 Å². The second-order valence-electron chi connectivity index (χ2n) is 9.02. The maximum absolute atomic E-state index is 14.3. The van der Waals surface area contributed by atoms with E-state index in [9.17, 15) is 9.50 Å². The van der Waals surface area contributed by atoms with Crippen LogP contribution in [0.15, 0.2) is 54.6 Å². The van der Waals surface area contributed by atoms with Crippen molar-refractivity contribution in [3.63, 3.8) is 0 Å². The minimum Gasteiger partial charge on any atom is -0.488 e. The quantitative estimate of drug-likeness (QED) is 0.373. The number of benzene rings is 3. The number of aliphatic hydroxyl groups excluding tert-OH is 1. The Labute approximate surface area is 192 Å². The Kier molecular flexibility index (Phi) is 8.09. The highest BCUT2D eigenvalue weighted by molar-refractivity contribution is 5.79. The molecule has 0 radical (unpaired) electrons. The second-order valence-corrected chi connectivity index (χ2v) is 9.02. The fraction of sp³-hybridized carbons (Fsp3) is 0.379. The van der Waals surface area contributed by atoms with Crippen LogP contribution in [-0.2, 0) is 19.6 Å². The summed E-state index contributed by atoms with van der Waals surface area (Å²) in [6.07, 6.45) is 1.88. The van der Waals surface area contributed by atoms with Crippen molar-refractivity contribution in [2.75, 3.05) is 0 Å². The molecule has 0 atom stereocenters. The van der Waals surface area contributed by atoms with E-state index in [1.165, 1.54) is 23.3 Å². The van der Waals surface area contributed by atoms with Gasteiger partial charge in [0.2, 0.25) is 0 Å². The van der Waals surface area contributed by atoms with E-state index in [-0.39, 0.29) is 18.3 Å². The highest BCUT2D eigenvalue weighted by atomic mass is 19.1. The van der Waals surface area contributed by atoms with E-state index in [0.29, 0.717) is 18.3 Å². The first-order valence-corrected chi connectivity index (χ1v) is 11.6. The zero-order valence-electron chi connectivity index (χ0n) is 19.9. The third-order valence-corrected chi connectivity index (χ3v) is 5.96. The zero-order chi connectivity index (χ0) is 23.3. The highest BCUT2D eigenvalue weighted by Gasteiger charge is 2.23. The Morgan fingerprint density at radius 2 is 1.53 bits per heavy atom. The lowest BCUT2D eigenvalue weighted by Crippen LogP contribution is -2.09. The number of ether oxygens (including phenoxy) is 1. The molecule has 0 heterocycles. The summed E-state index contributed by atoms with van der Waals surface area (Å²) in [4.78, 5) is 0. The lowest BCUT2D eigenvalue weighted by molar-refractivity contribution is 0.280. The van der Waals surface area contributed by atoms with Crippen LogP contribution >= 0.6 is 0 Å². The topological polar surface area (TPSA) is 29.5 Å². The van der Waals surface area contributed by atoms with Gasteiger partial charge in [-0.2, -0.15) is 0 Å². The zero-order valence-corrected chi connectivity index (χ0v) is 19.9. The maximum Gasteiger partial charge on any atom is 0.130 e. The van der Waals surface area contributed by atoms with Gasteiger partial charge in [-0.3, -0.25) is 0 Å². The standard InChI is InChI=1S/C29H35FO2/c1-6-10-23-25(19(2)3)16-26(20(4)5)27(17-31)29(23)24-14-13-22(30)15-28(24)32-18-21-11-8-7-9-12-21/h7-9,11-16,19-20,31H,6,10,17-18H2,1-5H3. The molecular weight excluding hydrogens is 399 g/mol. The van der Waals surface area contributed by atoms with Gasteiger partial charge in [-0.25, -0.2) is 4.39 Å². The average molecular weight is 435 g/mol. The van der Waals surface area contributed by atoms with Gasteiger partial charge in [0, 0.05) is 11.6 Å². The van der Waals surface area contributed by atoms with E-state index in [2.05, 4.69) is 40.7 Å². The van der Waals surface area contributed by atoms with Crippen LogP contribution in [0, 0.1) is 5.82 Å². The molecule has 0 aliphatic rings. The molecule has 0 saturated heterocycles. The smallest absolute Gasteiger partial charge is 0.130 e. The van der Waals surface area contributed by atoms with Crippen molar-refractivity contribution in [1.82, 2.24) is 0 Å². The van der Waals surface area contributed by atoms with Crippen LogP contribution in [0.1, 0.15) is 80.7 Å². The van der Waals surface area contributed by atoms with Crippen molar-refractivity contribution < 1.29 is 14.2 Å². The minimum absolute atomic E-state index is 0.0621. The lowest BCUT2D eigenvalue weighted by Gasteiger charge is -2.26. The van der Waals surface area contributed by atoms with Gasteiger partial charge in [-0.15, -0.1) is 0 Å². The number of hydrogen-bond acceptors (Lipinski definition) is 2.